The van der Waals surface area contributed by atoms with Crippen LogP contribution in [-0.4, -0.2) is 22.0 Å². The van der Waals surface area contributed by atoms with Crippen LogP contribution in [0.2, 0.25) is 0 Å². The van der Waals surface area contributed by atoms with E-state index in [1.165, 1.54) is 6.07 Å². The molecule has 0 aromatic heterocycles. The van der Waals surface area contributed by atoms with E-state index in [4.69, 9.17) is 4.74 Å². The summed E-state index contributed by atoms with van der Waals surface area (Å²) in [4.78, 5) is 24.2. The first kappa shape index (κ1) is 21.4. The van der Waals surface area contributed by atoms with E-state index in [0.717, 1.165) is 6.07 Å². The number of carbonyl (C=O) groups excluding carboxylic acids is 2. The highest BCUT2D eigenvalue weighted by atomic mass is 16.5. The van der Waals surface area contributed by atoms with Crippen molar-refractivity contribution in [1.82, 2.24) is 0 Å². The molecule has 0 atom stereocenters. The highest BCUT2D eigenvalue weighted by Gasteiger charge is 2.17. The molecular weight excluding hydrogens is 396 g/mol. The lowest BCUT2D eigenvalue weighted by Gasteiger charge is -2.07. The minimum absolute atomic E-state index is 0.00147. The number of benzene rings is 3. The van der Waals surface area contributed by atoms with Gasteiger partial charge in [0.05, 0.1) is 11.3 Å². The predicted molar refractivity (Wildman–Crippen MR) is 115 cm³/mol. The molecule has 3 aromatic rings. The first-order chi connectivity index (χ1) is 14.8. The minimum Gasteiger partial charge on any atom is -0.507 e. The quantitative estimate of drug-likeness (QED) is 0.233. The first-order valence-corrected chi connectivity index (χ1v) is 9.34. The zero-order valence-electron chi connectivity index (χ0n) is 16.8. The number of carbonyl (C=O) groups is 2. The fourth-order valence-electron chi connectivity index (χ4n) is 2.66. The molecule has 0 aliphatic carbocycles. The van der Waals surface area contributed by atoms with E-state index in [0.29, 0.717) is 22.4 Å². The summed E-state index contributed by atoms with van der Waals surface area (Å²) in [5.74, 6) is -1.57. The predicted octanol–water partition coefficient (Wildman–Crippen LogP) is 5.36. The summed E-state index contributed by atoms with van der Waals surface area (Å²) in [5, 5.41) is 28.3. The average Bonchev–Trinajstić information content (AvgIpc) is 2.77. The van der Waals surface area contributed by atoms with Crippen LogP contribution in [0.5, 0.6) is 11.5 Å². The zero-order chi connectivity index (χ0) is 22.4. The Morgan fingerprint density at radius 3 is 2.39 bits per heavy atom. The van der Waals surface area contributed by atoms with Gasteiger partial charge >= 0.3 is 5.97 Å². The van der Waals surface area contributed by atoms with Crippen LogP contribution in [0.15, 0.2) is 89.1 Å². The number of hydrogen-bond acceptors (Lipinski definition) is 7. The SMILES string of the molecule is C=C(C)C(=O)OCc1cccc(N=Nc2cc(C(=O)c3ccccc3)c(O)cc2O)c1. The molecule has 7 nitrogen and oxygen atoms in total. The van der Waals surface area contributed by atoms with Crippen molar-refractivity contribution < 1.29 is 24.5 Å². The van der Waals surface area contributed by atoms with Crippen LogP contribution in [0.4, 0.5) is 11.4 Å². The summed E-state index contributed by atoms with van der Waals surface area (Å²) >= 11 is 0. The van der Waals surface area contributed by atoms with Gasteiger partial charge in [-0.25, -0.2) is 4.79 Å². The minimum atomic E-state index is -0.489. The molecule has 0 radical (unpaired) electrons. The smallest absolute Gasteiger partial charge is 0.333 e. The normalized spacial score (nSPS) is 10.7. The molecule has 0 aliphatic rings. The van der Waals surface area contributed by atoms with Gasteiger partial charge in [-0.1, -0.05) is 49.0 Å². The van der Waals surface area contributed by atoms with Gasteiger partial charge in [0, 0.05) is 17.2 Å². The number of esters is 1. The van der Waals surface area contributed by atoms with Crippen LogP contribution in [0.1, 0.15) is 28.4 Å². The number of ether oxygens (including phenoxy) is 1. The largest absolute Gasteiger partial charge is 0.507 e. The molecule has 0 heterocycles. The van der Waals surface area contributed by atoms with E-state index in [9.17, 15) is 19.8 Å². The average molecular weight is 416 g/mol. The summed E-state index contributed by atoms with van der Waals surface area (Å²) in [6, 6.07) is 17.6. The van der Waals surface area contributed by atoms with Crippen LogP contribution in [0.25, 0.3) is 0 Å². The highest BCUT2D eigenvalue weighted by molar-refractivity contribution is 6.11. The third-order valence-electron chi connectivity index (χ3n) is 4.28. The number of aromatic hydroxyl groups is 2. The summed E-state index contributed by atoms with van der Waals surface area (Å²) in [6.45, 7) is 5.14. The van der Waals surface area contributed by atoms with Gasteiger partial charge in [-0.2, -0.15) is 5.11 Å². The first-order valence-electron chi connectivity index (χ1n) is 9.34. The number of rotatable bonds is 7. The molecule has 0 fully saturated rings. The second-order valence-electron chi connectivity index (χ2n) is 6.78. The monoisotopic (exact) mass is 416 g/mol. The van der Waals surface area contributed by atoms with E-state index >= 15 is 0 Å². The number of phenols is 2. The molecule has 31 heavy (non-hydrogen) atoms. The van der Waals surface area contributed by atoms with Gasteiger partial charge < -0.3 is 14.9 Å². The van der Waals surface area contributed by atoms with Gasteiger partial charge in [-0.15, -0.1) is 5.11 Å². The van der Waals surface area contributed by atoms with E-state index in [1.54, 1.807) is 61.5 Å². The van der Waals surface area contributed by atoms with E-state index < -0.39 is 11.8 Å². The van der Waals surface area contributed by atoms with Crippen molar-refractivity contribution in [2.45, 2.75) is 13.5 Å². The third-order valence-corrected chi connectivity index (χ3v) is 4.28. The maximum absolute atomic E-state index is 12.7. The molecule has 3 rings (SSSR count). The Morgan fingerprint density at radius 1 is 0.935 bits per heavy atom. The highest BCUT2D eigenvalue weighted by Crippen LogP contribution is 2.35. The summed E-state index contributed by atoms with van der Waals surface area (Å²) in [5.41, 5.74) is 1.87. The fraction of sp³-hybridized carbons (Fsp3) is 0.0833. The molecule has 7 heteroatoms. The van der Waals surface area contributed by atoms with E-state index in [2.05, 4.69) is 16.8 Å². The molecule has 0 saturated heterocycles. The summed E-state index contributed by atoms with van der Waals surface area (Å²) in [7, 11) is 0. The zero-order valence-corrected chi connectivity index (χ0v) is 16.8. The van der Waals surface area contributed by atoms with Crippen molar-refractivity contribution in [1.29, 1.82) is 0 Å². The Balaban J connectivity index is 1.82. The Bertz CT molecular complexity index is 1170. The van der Waals surface area contributed by atoms with Gasteiger partial charge in [-0.3, -0.25) is 4.79 Å². The van der Waals surface area contributed by atoms with Crippen LogP contribution in [0.3, 0.4) is 0 Å². The number of ketones is 1. The molecule has 0 aliphatic heterocycles. The molecular formula is C24H20N2O5. The Morgan fingerprint density at radius 2 is 1.68 bits per heavy atom. The second kappa shape index (κ2) is 9.49. The Hall–Kier alpha value is -4.26. The molecule has 3 aromatic carbocycles. The number of nitrogens with zero attached hydrogens (tertiary/aromatic N) is 2. The second-order valence-corrected chi connectivity index (χ2v) is 6.78. The maximum Gasteiger partial charge on any atom is 0.333 e. The summed E-state index contributed by atoms with van der Waals surface area (Å²) < 4.78 is 5.11. The maximum atomic E-state index is 12.7. The fourth-order valence-corrected chi connectivity index (χ4v) is 2.66. The standard InChI is InChI=1S/C24H20N2O5/c1-15(2)24(30)31-14-16-7-6-10-18(11-16)25-26-20-12-19(21(27)13-22(20)28)23(29)17-8-4-3-5-9-17/h3-13,27-28H,1,14H2,2H3. The van der Waals surface area contributed by atoms with Gasteiger partial charge in [-0.05, 0) is 30.7 Å². The Labute approximate surface area is 179 Å². The molecule has 0 saturated carbocycles. The number of azo groups is 1. The topological polar surface area (TPSA) is 109 Å². The van der Waals surface area contributed by atoms with Crippen LogP contribution < -0.4 is 0 Å². The molecule has 0 amide bonds. The number of phenolic OH excluding ortho intramolecular Hbond substituents is 2. The summed E-state index contributed by atoms with van der Waals surface area (Å²) in [6.07, 6.45) is 0. The van der Waals surface area contributed by atoms with Crippen molar-refractivity contribution >= 4 is 23.1 Å². The molecule has 2 N–H and O–H groups in total. The Kier molecular flexibility index (Phi) is 6.57. The van der Waals surface area contributed by atoms with Crippen molar-refractivity contribution in [3.05, 3.63) is 95.6 Å². The lowest BCUT2D eigenvalue weighted by atomic mass is 10.0. The third kappa shape index (κ3) is 5.42. The van der Waals surface area contributed by atoms with Crippen molar-refractivity contribution in [2.24, 2.45) is 10.2 Å². The van der Waals surface area contributed by atoms with Crippen molar-refractivity contribution in [3.8, 4) is 11.5 Å². The molecule has 0 unspecified atom stereocenters. The van der Waals surface area contributed by atoms with Crippen molar-refractivity contribution in [2.75, 3.05) is 0 Å². The van der Waals surface area contributed by atoms with E-state index in [1.807, 2.05) is 0 Å². The lowest BCUT2D eigenvalue weighted by molar-refractivity contribution is -0.140. The van der Waals surface area contributed by atoms with Crippen LogP contribution >= 0.6 is 0 Å². The van der Waals surface area contributed by atoms with Crippen molar-refractivity contribution in [3.63, 3.8) is 0 Å². The van der Waals surface area contributed by atoms with Gasteiger partial charge in [0.1, 0.15) is 23.8 Å². The number of hydrogen-bond donors (Lipinski definition) is 2. The molecule has 156 valence electrons. The van der Waals surface area contributed by atoms with Crippen LogP contribution in [-0.2, 0) is 16.1 Å². The van der Waals surface area contributed by atoms with Gasteiger partial charge in [0.25, 0.3) is 0 Å². The molecule has 0 bridgehead atoms. The lowest BCUT2D eigenvalue weighted by Crippen LogP contribution is -2.04. The van der Waals surface area contributed by atoms with Crippen LogP contribution in [0, 0.1) is 0 Å². The van der Waals surface area contributed by atoms with Gasteiger partial charge in [0.15, 0.2) is 5.78 Å². The van der Waals surface area contributed by atoms with E-state index in [-0.39, 0.29) is 29.4 Å². The molecule has 0 spiro atoms. The van der Waals surface area contributed by atoms with Gasteiger partial charge in [0.2, 0.25) is 0 Å².